The van der Waals surface area contributed by atoms with Gasteiger partial charge in [-0.25, -0.2) is 8.42 Å². The number of amides is 1. The second-order valence-corrected chi connectivity index (χ2v) is 11.1. The van der Waals surface area contributed by atoms with Crippen LogP contribution in [0.4, 0.5) is 5.69 Å². The summed E-state index contributed by atoms with van der Waals surface area (Å²) >= 11 is 17.9. The molecule has 3 rings (SSSR count). The number of nitrogens with one attached hydrogen (secondary N) is 2. The first-order valence-corrected chi connectivity index (χ1v) is 13.6. The summed E-state index contributed by atoms with van der Waals surface area (Å²) in [5, 5.41) is 14.3. The van der Waals surface area contributed by atoms with Crippen molar-refractivity contribution in [2.24, 2.45) is 0 Å². The zero-order chi connectivity index (χ0) is 24.9. The maximum Gasteiger partial charge on any atom is 0.253 e. The molecule has 1 aliphatic heterocycles. The third-order valence-corrected chi connectivity index (χ3v) is 6.78. The van der Waals surface area contributed by atoms with Crippen LogP contribution >= 0.6 is 34.8 Å². The van der Waals surface area contributed by atoms with E-state index in [4.69, 9.17) is 39.5 Å². The molecule has 186 valence electrons. The van der Waals surface area contributed by atoms with Gasteiger partial charge in [0.15, 0.2) is 0 Å². The lowest BCUT2D eigenvalue weighted by Gasteiger charge is -2.33. The van der Waals surface area contributed by atoms with Gasteiger partial charge in [0, 0.05) is 37.3 Å². The molecule has 0 saturated carbocycles. The quantitative estimate of drug-likeness (QED) is 0.440. The molecule has 12 heteroatoms. The van der Waals surface area contributed by atoms with Gasteiger partial charge in [-0.1, -0.05) is 34.8 Å². The third-order valence-electron chi connectivity index (χ3n) is 5.22. The Labute approximate surface area is 214 Å². The summed E-state index contributed by atoms with van der Waals surface area (Å²) in [4.78, 5) is 14.7. The minimum atomic E-state index is -3.58. The average Bonchev–Trinajstić information content (AvgIpc) is 2.76. The Hall–Kier alpha value is -1.75. The number of likely N-dealkylation sites (tertiary alicyclic amines) is 1. The SMILES string of the molecule is CS(=O)(=O)Nc1ccc(Cl)cc1C(=O)NCC(O)CN1CCC(Oc2ccc(Cl)c(Cl)c2)CC1. The average molecular weight is 551 g/mol. The van der Waals surface area contributed by atoms with Crippen LogP contribution in [0.3, 0.4) is 0 Å². The van der Waals surface area contributed by atoms with Crippen LogP contribution in [0.5, 0.6) is 5.75 Å². The summed E-state index contributed by atoms with van der Waals surface area (Å²) < 4.78 is 31.4. The van der Waals surface area contributed by atoms with Crippen molar-refractivity contribution in [2.75, 3.05) is 37.2 Å². The van der Waals surface area contributed by atoms with E-state index in [1.54, 1.807) is 18.2 Å². The monoisotopic (exact) mass is 549 g/mol. The van der Waals surface area contributed by atoms with Gasteiger partial charge in [-0.3, -0.25) is 9.52 Å². The fourth-order valence-corrected chi connectivity index (χ4v) is 4.65. The number of piperidine rings is 1. The predicted molar refractivity (Wildman–Crippen MR) is 135 cm³/mol. The molecule has 1 fully saturated rings. The number of rotatable bonds is 9. The van der Waals surface area contributed by atoms with Gasteiger partial charge in [-0.05, 0) is 43.2 Å². The van der Waals surface area contributed by atoms with E-state index in [1.165, 1.54) is 18.2 Å². The van der Waals surface area contributed by atoms with Crippen molar-refractivity contribution in [3.63, 3.8) is 0 Å². The predicted octanol–water partition coefficient (Wildman–Crippen LogP) is 3.65. The smallest absolute Gasteiger partial charge is 0.253 e. The van der Waals surface area contributed by atoms with Crippen molar-refractivity contribution in [3.05, 3.63) is 57.0 Å². The lowest BCUT2D eigenvalue weighted by Crippen LogP contribution is -2.45. The van der Waals surface area contributed by atoms with Gasteiger partial charge in [0.25, 0.3) is 5.91 Å². The number of sulfonamides is 1. The van der Waals surface area contributed by atoms with Gasteiger partial charge in [-0.15, -0.1) is 0 Å². The number of anilines is 1. The third kappa shape index (κ3) is 8.18. The molecule has 1 aliphatic rings. The maximum atomic E-state index is 12.6. The first-order valence-electron chi connectivity index (χ1n) is 10.6. The molecule has 2 aromatic rings. The van der Waals surface area contributed by atoms with Crippen LogP contribution in [0.2, 0.25) is 15.1 Å². The van der Waals surface area contributed by atoms with E-state index in [-0.39, 0.29) is 28.9 Å². The van der Waals surface area contributed by atoms with Gasteiger partial charge in [0.05, 0.1) is 33.7 Å². The molecule has 0 aromatic heterocycles. The Balaban J connectivity index is 1.46. The number of aliphatic hydroxyl groups is 1. The van der Waals surface area contributed by atoms with Crippen LogP contribution < -0.4 is 14.8 Å². The highest BCUT2D eigenvalue weighted by Gasteiger charge is 2.23. The number of ether oxygens (including phenoxy) is 1. The van der Waals surface area contributed by atoms with Crippen molar-refractivity contribution < 1.29 is 23.1 Å². The normalized spacial score (nSPS) is 16.1. The lowest BCUT2D eigenvalue weighted by atomic mass is 10.1. The number of benzene rings is 2. The molecule has 34 heavy (non-hydrogen) atoms. The molecule has 1 atom stereocenters. The summed E-state index contributed by atoms with van der Waals surface area (Å²) in [6.07, 6.45) is 1.78. The van der Waals surface area contributed by atoms with Crippen LogP contribution in [0, 0.1) is 0 Å². The summed E-state index contributed by atoms with van der Waals surface area (Å²) in [7, 11) is -3.58. The van der Waals surface area contributed by atoms with E-state index in [0.29, 0.717) is 22.3 Å². The van der Waals surface area contributed by atoms with Gasteiger partial charge in [0.1, 0.15) is 11.9 Å². The van der Waals surface area contributed by atoms with Crippen molar-refractivity contribution in [2.45, 2.75) is 25.0 Å². The van der Waals surface area contributed by atoms with E-state index in [2.05, 4.69) is 14.9 Å². The first kappa shape index (κ1) is 26.8. The lowest BCUT2D eigenvalue weighted by molar-refractivity contribution is 0.0594. The summed E-state index contributed by atoms with van der Waals surface area (Å²) in [5.74, 6) is 0.128. The van der Waals surface area contributed by atoms with Crippen molar-refractivity contribution in [3.8, 4) is 5.75 Å². The van der Waals surface area contributed by atoms with E-state index in [1.807, 2.05) is 0 Å². The van der Waals surface area contributed by atoms with Crippen molar-refractivity contribution >= 4 is 56.4 Å². The minimum Gasteiger partial charge on any atom is -0.490 e. The summed E-state index contributed by atoms with van der Waals surface area (Å²) in [6.45, 7) is 1.84. The number of aliphatic hydroxyl groups excluding tert-OH is 1. The maximum absolute atomic E-state index is 12.6. The number of carbonyl (C=O) groups is 1. The second kappa shape index (κ2) is 11.8. The molecule has 1 amide bonds. The number of halogens is 3. The van der Waals surface area contributed by atoms with Crippen LogP contribution in [-0.4, -0.2) is 69.0 Å². The number of β-amino-alcohol motifs (C(OH)–C–C–N with tert-alkyl or cyclic N) is 1. The first-order chi connectivity index (χ1) is 16.0. The Morgan fingerprint density at radius 2 is 1.85 bits per heavy atom. The highest BCUT2D eigenvalue weighted by Crippen LogP contribution is 2.28. The topological polar surface area (TPSA) is 108 Å². The molecule has 1 unspecified atom stereocenters. The second-order valence-electron chi connectivity index (χ2n) is 8.12. The molecule has 8 nitrogen and oxygen atoms in total. The molecule has 1 heterocycles. The number of hydrogen-bond acceptors (Lipinski definition) is 6. The standard InChI is InChI=1S/C22H26Cl3N3O5S/c1-34(31,32)27-21-5-2-14(23)10-18(21)22(30)26-12-15(29)13-28-8-6-16(7-9-28)33-17-3-4-19(24)20(25)11-17/h2-5,10-11,15-16,27,29H,6-9,12-13H2,1H3,(H,26,30). The molecule has 3 N–H and O–H groups in total. The summed E-state index contributed by atoms with van der Waals surface area (Å²) in [6, 6.07) is 9.44. The molecular formula is C22H26Cl3N3O5S. The van der Waals surface area contributed by atoms with Gasteiger partial charge in [-0.2, -0.15) is 0 Å². The fraction of sp³-hybridized carbons (Fsp3) is 0.409. The Morgan fingerprint density at radius 3 is 2.50 bits per heavy atom. The van der Waals surface area contributed by atoms with E-state index in [0.717, 1.165) is 32.2 Å². The summed E-state index contributed by atoms with van der Waals surface area (Å²) in [5.41, 5.74) is 0.188. The van der Waals surface area contributed by atoms with Crippen molar-refractivity contribution in [1.29, 1.82) is 0 Å². The molecule has 1 saturated heterocycles. The fourth-order valence-electron chi connectivity index (χ4n) is 3.61. The van der Waals surface area contributed by atoms with Crippen LogP contribution in [0.15, 0.2) is 36.4 Å². The molecule has 0 radical (unpaired) electrons. The Kier molecular flexibility index (Phi) is 9.31. The van der Waals surface area contributed by atoms with E-state index in [9.17, 15) is 18.3 Å². The van der Waals surface area contributed by atoms with Crippen LogP contribution in [0.25, 0.3) is 0 Å². The van der Waals surface area contributed by atoms with Crippen molar-refractivity contribution in [1.82, 2.24) is 10.2 Å². The largest absolute Gasteiger partial charge is 0.490 e. The molecular weight excluding hydrogens is 525 g/mol. The van der Waals surface area contributed by atoms with E-state index >= 15 is 0 Å². The van der Waals surface area contributed by atoms with Crippen LogP contribution in [0.1, 0.15) is 23.2 Å². The van der Waals surface area contributed by atoms with Gasteiger partial charge >= 0.3 is 0 Å². The molecule has 0 bridgehead atoms. The number of carbonyl (C=O) groups excluding carboxylic acids is 1. The minimum absolute atomic E-state index is 0.00334. The number of nitrogens with zero attached hydrogens (tertiary/aromatic N) is 1. The highest BCUT2D eigenvalue weighted by atomic mass is 35.5. The molecule has 2 aromatic carbocycles. The highest BCUT2D eigenvalue weighted by molar-refractivity contribution is 7.92. The zero-order valence-corrected chi connectivity index (χ0v) is 21.5. The van der Waals surface area contributed by atoms with Gasteiger partial charge in [0.2, 0.25) is 10.0 Å². The van der Waals surface area contributed by atoms with E-state index < -0.39 is 22.0 Å². The Morgan fingerprint density at radius 1 is 1.15 bits per heavy atom. The Bertz CT molecular complexity index is 1120. The molecule has 0 aliphatic carbocycles. The van der Waals surface area contributed by atoms with Gasteiger partial charge < -0.3 is 20.1 Å². The number of hydrogen-bond donors (Lipinski definition) is 3. The van der Waals surface area contributed by atoms with Crippen LogP contribution in [-0.2, 0) is 10.0 Å². The molecule has 0 spiro atoms. The zero-order valence-electron chi connectivity index (χ0n) is 18.4.